The van der Waals surface area contributed by atoms with Crippen LogP contribution in [0.2, 0.25) is 0 Å². The van der Waals surface area contributed by atoms with Crippen LogP contribution in [0.5, 0.6) is 17.2 Å². The molecule has 1 heterocycles. The molecule has 39 heavy (non-hydrogen) atoms. The molecule has 0 unspecified atom stereocenters. The van der Waals surface area contributed by atoms with Crippen molar-refractivity contribution in [1.29, 1.82) is 0 Å². The molecule has 11 heteroatoms. The van der Waals surface area contributed by atoms with Gasteiger partial charge in [0.15, 0.2) is 17.3 Å². The lowest BCUT2D eigenvalue weighted by atomic mass is 10.0. The number of ketones is 1. The molecular weight excluding hydrogens is 513 g/mol. The molecule has 8 nitrogen and oxygen atoms in total. The van der Waals surface area contributed by atoms with Crippen LogP contribution >= 0.6 is 0 Å². The highest BCUT2D eigenvalue weighted by Crippen LogP contribution is 2.38. The van der Waals surface area contributed by atoms with Gasteiger partial charge < -0.3 is 15.2 Å². The zero-order chi connectivity index (χ0) is 27.7. The number of para-hydroxylation sites is 1. The Morgan fingerprint density at radius 1 is 1.15 bits per heavy atom. The molecule has 198 valence electrons. The van der Waals surface area contributed by atoms with Crippen LogP contribution < -0.4 is 15.2 Å². The maximum absolute atomic E-state index is 13.9. The van der Waals surface area contributed by atoms with E-state index >= 15 is 0 Å². The molecule has 0 fully saturated rings. The van der Waals surface area contributed by atoms with Crippen LogP contribution in [0.3, 0.4) is 0 Å². The number of benzene rings is 3. The number of halogens is 3. The van der Waals surface area contributed by atoms with Gasteiger partial charge in [-0.2, -0.15) is 5.10 Å². The number of aromatic nitrogens is 2. The summed E-state index contributed by atoms with van der Waals surface area (Å²) in [6, 6.07) is 13.9. The summed E-state index contributed by atoms with van der Waals surface area (Å²) in [5.74, 6) is -0.331. The maximum atomic E-state index is 13.9. The van der Waals surface area contributed by atoms with Crippen molar-refractivity contribution in [3.05, 3.63) is 99.3 Å². The lowest BCUT2D eigenvalue weighted by Gasteiger charge is -2.12. The van der Waals surface area contributed by atoms with Gasteiger partial charge >= 0.3 is 0 Å². The second-order valence-corrected chi connectivity index (χ2v) is 8.82. The van der Waals surface area contributed by atoms with E-state index in [1.807, 2.05) is 0 Å². The summed E-state index contributed by atoms with van der Waals surface area (Å²) in [5.41, 5.74) is 9.25. The van der Waals surface area contributed by atoms with Gasteiger partial charge in [-0.25, -0.2) is 17.9 Å². The van der Waals surface area contributed by atoms with Gasteiger partial charge in [0.05, 0.1) is 17.4 Å². The Bertz CT molecular complexity index is 1630. The van der Waals surface area contributed by atoms with Crippen LogP contribution in [0, 0.1) is 17.6 Å². The molecule has 1 aliphatic carbocycles. The zero-order valence-electron chi connectivity index (χ0n) is 20.5. The smallest absolute Gasteiger partial charge is 0.272 e. The maximum Gasteiger partial charge on any atom is 0.272 e. The van der Waals surface area contributed by atoms with Crippen molar-refractivity contribution in [2.45, 2.75) is 19.8 Å². The van der Waals surface area contributed by atoms with E-state index < -0.39 is 18.8 Å². The van der Waals surface area contributed by atoms with Crippen molar-refractivity contribution in [1.82, 2.24) is 9.78 Å². The van der Waals surface area contributed by atoms with Crippen LogP contribution in [0.15, 0.2) is 71.5 Å². The lowest BCUT2D eigenvalue weighted by Crippen LogP contribution is -2.09. The number of nitrogens with zero attached hydrogens (tertiary/aromatic N) is 3. The largest absolute Gasteiger partial charge is 0.485 e. The number of anilines is 1. The topological polar surface area (TPSA) is 109 Å². The summed E-state index contributed by atoms with van der Waals surface area (Å²) in [6.45, 7) is 0.914. The van der Waals surface area contributed by atoms with Crippen LogP contribution in [0.4, 0.5) is 24.7 Å². The number of alkyl halides is 2. The number of ether oxygens (including phenoxy) is 2. The van der Waals surface area contributed by atoms with E-state index in [2.05, 4.69) is 10.3 Å². The minimum atomic E-state index is -2.72. The minimum Gasteiger partial charge on any atom is -0.485 e. The Morgan fingerprint density at radius 2 is 1.95 bits per heavy atom. The van der Waals surface area contributed by atoms with E-state index in [-0.39, 0.29) is 40.8 Å². The first kappa shape index (κ1) is 25.7. The number of carbonyl (C=O) groups excluding carboxylic acids is 1. The van der Waals surface area contributed by atoms with Crippen LogP contribution in [0.25, 0.3) is 11.8 Å². The number of nitrogens with two attached hydrogens (primary N) is 1. The fourth-order valence-electron chi connectivity index (χ4n) is 4.33. The highest BCUT2D eigenvalue weighted by Gasteiger charge is 2.26. The fourth-order valence-corrected chi connectivity index (χ4v) is 4.33. The second kappa shape index (κ2) is 10.4. The van der Waals surface area contributed by atoms with Gasteiger partial charge in [-0.1, -0.05) is 12.1 Å². The number of allylic oxidation sites excluding steroid dienone is 1. The molecule has 0 spiro atoms. The van der Waals surface area contributed by atoms with Crippen molar-refractivity contribution in [2.75, 3.05) is 12.3 Å². The third-order valence-corrected chi connectivity index (χ3v) is 6.20. The number of fused-ring (bicyclic) bond motifs is 1. The molecule has 1 aromatic heterocycles. The van der Waals surface area contributed by atoms with E-state index in [0.717, 1.165) is 5.56 Å². The standard InChI is InChI=1S/C28H21F3N4O4/c1-15-8-19(39-24-5-3-2-4-21(24)29)6-7-23(15)35-28(32)20(13-33-35)27(36)18-9-16-11-22(34-37)25(12-17(16)10-18)38-14-26(30)31/h2-8,10-13,26H,9,14,32H2,1H3. The number of aryl methyl sites for hydroxylation is 1. The fraction of sp³-hybridized carbons (Fsp3) is 0.143. The zero-order valence-corrected chi connectivity index (χ0v) is 20.5. The molecule has 0 amide bonds. The molecule has 5 rings (SSSR count). The summed E-state index contributed by atoms with van der Waals surface area (Å²) >= 11 is 0. The molecule has 0 saturated heterocycles. The van der Waals surface area contributed by atoms with Crippen molar-refractivity contribution < 1.29 is 27.4 Å². The Hall–Kier alpha value is -4.93. The molecule has 4 aromatic rings. The number of carbonyl (C=O) groups is 1. The van der Waals surface area contributed by atoms with Crippen molar-refractivity contribution >= 4 is 23.4 Å². The highest BCUT2D eigenvalue weighted by atomic mass is 19.3. The first-order chi connectivity index (χ1) is 18.7. The summed E-state index contributed by atoms with van der Waals surface area (Å²) < 4.78 is 51.1. The summed E-state index contributed by atoms with van der Waals surface area (Å²) in [7, 11) is 0. The molecule has 0 bridgehead atoms. The van der Waals surface area contributed by atoms with Crippen molar-refractivity contribution in [2.24, 2.45) is 5.18 Å². The average Bonchev–Trinajstić information content (AvgIpc) is 3.51. The molecule has 0 atom stereocenters. The quantitative estimate of drug-likeness (QED) is 0.192. The molecule has 2 N–H and O–H groups in total. The third kappa shape index (κ3) is 5.11. The van der Waals surface area contributed by atoms with Crippen LogP contribution in [0.1, 0.15) is 27.0 Å². The molecule has 0 saturated carbocycles. The Morgan fingerprint density at radius 3 is 2.67 bits per heavy atom. The first-order valence-corrected chi connectivity index (χ1v) is 11.8. The van der Waals surface area contributed by atoms with E-state index in [1.54, 1.807) is 43.3 Å². The summed E-state index contributed by atoms with van der Waals surface area (Å²) in [5, 5.41) is 7.15. The predicted octanol–water partition coefficient (Wildman–Crippen LogP) is 6.56. The Kier molecular flexibility index (Phi) is 6.88. The number of nitrogen functional groups attached to an aromatic ring is 1. The normalized spacial score (nSPS) is 12.3. The number of hydrogen-bond acceptors (Lipinski definition) is 7. The third-order valence-electron chi connectivity index (χ3n) is 6.20. The van der Waals surface area contributed by atoms with Gasteiger partial charge in [-0.05, 0) is 77.3 Å². The number of nitroso groups, excluding NO2 is 1. The van der Waals surface area contributed by atoms with Crippen molar-refractivity contribution in [3.8, 4) is 22.9 Å². The molecule has 0 radical (unpaired) electrons. The minimum absolute atomic E-state index is 0.0840. The van der Waals surface area contributed by atoms with Gasteiger partial charge in [0.1, 0.15) is 29.6 Å². The van der Waals surface area contributed by atoms with Gasteiger partial charge in [0.2, 0.25) is 0 Å². The first-order valence-electron chi connectivity index (χ1n) is 11.8. The Labute approximate surface area is 220 Å². The number of Topliss-reactive ketones (excluding diaryl/α,β-unsaturated/α-hetero) is 1. The average molecular weight is 534 g/mol. The van der Waals surface area contributed by atoms with Gasteiger partial charge in [-0.15, -0.1) is 4.91 Å². The number of hydrogen-bond donors (Lipinski definition) is 1. The van der Waals surface area contributed by atoms with Crippen LogP contribution in [-0.2, 0) is 6.42 Å². The highest BCUT2D eigenvalue weighted by molar-refractivity contribution is 6.15. The Balaban J connectivity index is 1.38. The number of rotatable bonds is 9. The van der Waals surface area contributed by atoms with Crippen LogP contribution in [-0.4, -0.2) is 28.6 Å². The predicted molar refractivity (Wildman–Crippen MR) is 139 cm³/mol. The molecular formula is C28H21F3N4O4. The van der Waals surface area contributed by atoms with E-state index in [0.29, 0.717) is 28.1 Å². The van der Waals surface area contributed by atoms with E-state index in [4.69, 9.17) is 15.2 Å². The summed E-state index contributed by atoms with van der Waals surface area (Å²) in [4.78, 5) is 24.5. The van der Waals surface area contributed by atoms with Gasteiger partial charge in [0, 0.05) is 12.0 Å². The van der Waals surface area contributed by atoms with E-state index in [9.17, 15) is 22.9 Å². The SMILES string of the molecule is Cc1cc(Oc2ccccc2F)ccc1-n1ncc(C(=O)C2=Cc3cc(OCC(F)F)c(N=O)cc3C2)c1N. The monoisotopic (exact) mass is 534 g/mol. The molecule has 3 aromatic carbocycles. The van der Waals surface area contributed by atoms with E-state index in [1.165, 1.54) is 35.1 Å². The lowest BCUT2D eigenvalue weighted by molar-refractivity contribution is 0.0822. The van der Waals surface area contributed by atoms with Gasteiger partial charge in [0.25, 0.3) is 6.43 Å². The van der Waals surface area contributed by atoms with Crippen molar-refractivity contribution in [3.63, 3.8) is 0 Å². The summed E-state index contributed by atoms with van der Waals surface area (Å²) in [6.07, 6.45) is 0.431. The second-order valence-electron chi connectivity index (χ2n) is 8.82. The molecule has 0 aliphatic heterocycles. The van der Waals surface area contributed by atoms with Gasteiger partial charge in [-0.3, -0.25) is 4.79 Å². The molecule has 1 aliphatic rings.